The minimum absolute atomic E-state index is 0.432. The molecule has 0 saturated carbocycles. The second-order valence-corrected chi connectivity index (χ2v) is 8.46. The van der Waals surface area contributed by atoms with Crippen LogP contribution in [0, 0.1) is 0 Å². The number of nitrogens with zero attached hydrogens (tertiary/aromatic N) is 5. The van der Waals surface area contributed by atoms with Gasteiger partial charge in [0.1, 0.15) is 13.7 Å². The molecule has 0 aromatic carbocycles. The van der Waals surface area contributed by atoms with Gasteiger partial charge in [-0.2, -0.15) is 9.61 Å². The zero-order chi connectivity index (χ0) is 21.6. The van der Waals surface area contributed by atoms with Crippen LogP contribution in [0.5, 0.6) is 0 Å². The summed E-state index contributed by atoms with van der Waals surface area (Å²) < 4.78 is 1.92. The number of nitrogens with one attached hydrogen (secondary N) is 1. The standard InChI is InChI=1S/C24H31BN6/c1-3-4-7-18(2)16-30-11-6-9-20(17-30)22-12-23(27-14-19-8-5-10-26-13-19)31-24(29-22)21(25)15-28-31/h3-5,7-8,10,12-13,15,20,27H,6,9,11,14,16-17,25H2,1-2H3/b4-3-,18-7+. The Labute approximate surface area is 185 Å². The van der Waals surface area contributed by atoms with Crippen LogP contribution in [0.4, 0.5) is 5.82 Å². The van der Waals surface area contributed by atoms with E-state index in [4.69, 9.17) is 4.98 Å². The van der Waals surface area contributed by atoms with Crippen LogP contribution in [0.1, 0.15) is 43.9 Å². The van der Waals surface area contributed by atoms with Gasteiger partial charge in [-0.1, -0.05) is 29.9 Å². The molecule has 1 unspecified atom stereocenters. The van der Waals surface area contributed by atoms with Crippen LogP contribution in [0.3, 0.4) is 0 Å². The summed E-state index contributed by atoms with van der Waals surface area (Å²) in [6.45, 7) is 8.18. The number of hydrogen-bond donors (Lipinski definition) is 1. The van der Waals surface area contributed by atoms with Crippen LogP contribution in [-0.4, -0.2) is 52.0 Å². The van der Waals surface area contributed by atoms with Gasteiger partial charge in [-0.15, -0.1) is 0 Å². The van der Waals surface area contributed by atoms with E-state index in [2.05, 4.69) is 72.4 Å². The number of allylic oxidation sites excluding steroid dienone is 3. The third-order valence-corrected chi connectivity index (χ3v) is 5.83. The maximum atomic E-state index is 5.03. The van der Waals surface area contributed by atoms with E-state index in [-0.39, 0.29) is 0 Å². The van der Waals surface area contributed by atoms with Crippen molar-refractivity contribution in [3.63, 3.8) is 0 Å². The summed E-state index contributed by atoms with van der Waals surface area (Å²) in [5, 5.41) is 8.10. The molecule has 3 aromatic rings. The molecule has 3 aromatic heterocycles. The highest BCUT2D eigenvalue weighted by atomic mass is 15.3. The molecule has 1 fully saturated rings. The van der Waals surface area contributed by atoms with Crippen molar-refractivity contribution in [2.45, 2.75) is 39.2 Å². The Morgan fingerprint density at radius 2 is 2.26 bits per heavy atom. The van der Waals surface area contributed by atoms with Gasteiger partial charge in [0.2, 0.25) is 0 Å². The van der Waals surface area contributed by atoms with Gasteiger partial charge in [-0.3, -0.25) is 9.88 Å². The molecule has 0 amide bonds. The molecule has 4 rings (SSSR count). The Hall–Kier alpha value is -2.93. The third kappa shape index (κ3) is 5.23. The van der Waals surface area contributed by atoms with Crippen LogP contribution >= 0.6 is 0 Å². The van der Waals surface area contributed by atoms with Crippen LogP contribution in [0.25, 0.3) is 5.65 Å². The molecule has 6 nitrogen and oxygen atoms in total. The van der Waals surface area contributed by atoms with Crippen molar-refractivity contribution in [2.75, 3.05) is 25.0 Å². The molecule has 0 radical (unpaired) electrons. The van der Waals surface area contributed by atoms with Crippen molar-refractivity contribution in [2.24, 2.45) is 0 Å². The summed E-state index contributed by atoms with van der Waals surface area (Å²) in [6, 6.07) is 6.23. The molecule has 0 bridgehead atoms. The lowest BCUT2D eigenvalue weighted by Gasteiger charge is -2.33. The molecular formula is C24H31BN6. The van der Waals surface area contributed by atoms with Gasteiger partial charge in [-0.25, -0.2) is 4.98 Å². The number of aromatic nitrogens is 4. The SMILES string of the molecule is Bc1cnn2c(NCc3cccnc3)cc(C3CCCN(C/C(C)=C/C=C\C)C3)nc12. The molecule has 0 aliphatic carbocycles. The topological polar surface area (TPSA) is 58.4 Å². The van der Waals surface area contributed by atoms with E-state index in [1.807, 2.05) is 23.0 Å². The van der Waals surface area contributed by atoms with Gasteiger partial charge in [0, 0.05) is 50.2 Å². The summed E-state index contributed by atoms with van der Waals surface area (Å²) in [5.74, 6) is 1.42. The minimum atomic E-state index is 0.432. The molecule has 31 heavy (non-hydrogen) atoms. The fourth-order valence-electron chi connectivity index (χ4n) is 4.23. The molecule has 1 aliphatic heterocycles. The van der Waals surface area contributed by atoms with Gasteiger partial charge in [0.05, 0.1) is 5.69 Å². The molecule has 1 saturated heterocycles. The van der Waals surface area contributed by atoms with E-state index in [0.29, 0.717) is 12.5 Å². The lowest BCUT2D eigenvalue weighted by atomic mass is 9.93. The third-order valence-electron chi connectivity index (χ3n) is 5.83. The highest BCUT2D eigenvalue weighted by Crippen LogP contribution is 2.28. The fourth-order valence-corrected chi connectivity index (χ4v) is 4.23. The average molecular weight is 414 g/mol. The van der Waals surface area contributed by atoms with Gasteiger partial charge in [0.15, 0.2) is 5.65 Å². The van der Waals surface area contributed by atoms with Crippen LogP contribution in [0.2, 0.25) is 0 Å². The Morgan fingerprint density at radius 3 is 3.06 bits per heavy atom. The summed E-state index contributed by atoms with van der Waals surface area (Å²) in [6.07, 6.45) is 14.4. The van der Waals surface area contributed by atoms with E-state index in [1.54, 1.807) is 6.20 Å². The number of likely N-dealkylation sites (tertiary alicyclic amines) is 1. The normalized spacial score (nSPS) is 18.1. The van der Waals surface area contributed by atoms with Crippen molar-refractivity contribution in [1.29, 1.82) is 0 Å². The first-order valence-corrected chi connectivity index (χ1v) is 11.1. The number of hydrogen-bond acceptors (Lipinski definition) is 5. The Bertz CT molecular complexity index is 1070. The second kappa shape index (κ2) is 9.92. The minimum Gasteiger partial charge on any atom is -0.366 e. The Balaban J connectivity index is 1.56. The molecule has 160 valence electrons. The van der Waals surface area contributed by atoms with Gasteiger partial charge < -0.3 is 5.32 Å². The number of piperidine rings is 1. The first-order chi connectivity index (χ1) is 15.1. The molecule has 4 heterocycles. The zero-order valence-corrected chi connectivity index (χ0v) is 18.8. The predicted molar refractivity (Wildman–Crippen MR) is 130 cm³/mol. The van der Waals surface area contributed by atoms with E-state index in [0.717, 1.165) is 47.8 Å². The summed E-state index contributed by atoms with van der Waals surface area (Å²) >= 11 is 0. The van der Waals surface area contributed by atoms with E-state index < -0.39 is 0 Å². The molecular weight excluding hydrogens is 383 g/mol. The van der Waals surface area contributed by atoms with E-state index >= 15 is 0 Å². The van der Waals surface area contributed by atoms with Gasteiger partial charge in [-0.05, 0) is 50.3 Å². The second-order valence-electron chi connectivity index (χ2n) is 8.46. The van der Waals surface area contributed by atoms with Crippen LogP contribution in [0.15, 0.2) is 60.6 Å². The number of fused-ring (bicyclic) bond motifs is 1. The quantitative estimate of drug-likeness (QED) is 0.476. The molecule has 0 spiro atoms. The number of anilines is 1. The summed E-state index contributed by atoms with van der Waals surface area (Å²) in [7, 11) is 2.08. The van der Waals surface area contributed by atoms with E-state index in [9.17, 15) is 0 Å². The molecule has 7 heteroatoms. The zero-order valence-electron chi connectivity index (χ0n) is 18.8. The molecule has 1 atom stereocenters. The monoisotopic (exact) mass is 414 g/mol. The summed E-state index contributed by atoms with van der Waals surface area (Å²) in [4.78, 5) is 11.8. The van der Waals surface area contributed by atoms with E-state index in [1.165, 1.54) is 18.4 Å². The Kier molecular flexibility index (Phi) is 6.82. The highest BCUT2D eigenvalue weighted by molar-refractivity contribution is 6.36. The van der Waals surface area contributed by atoms with Gasteiger partial charge >= 0.3 is 0 Å². The first kappa shape index (κ1) is 21.3. The van der Waals surface area contributed by atoms with Crippen LogP contribution in [-0.2, 0) is 6.54 Å². The average Bonchev–Trinajstić information content (AvgIpc) is 3.18. The number of pyridine rings is 1. The van der Waals surface area contributed by atoms with Gasteiger partial charge in [0.25, 0.3) is 0 Å². The van der Waals surface area contributed by atoms with Crippen molar-refractivity contribution < 1.29 is 0 Å². The Morgan fingerprint density at radius 1 is 1.35 bits per heavy atom. The molecule has 1 aliphatic rings. The molecule has 1 N–H and O–H groups in total. The fraction of sp³-hybridized carbons (Fsp3) is 0.375. The predicted octanol–water partition coefficient (Wildman–Crippen LogP) is 2.70. The maximum Gasteiger partial charge on any atom is 0.151 e. The van der Waals surface area contributed by atoms with Crippen molar-refractivity contribution >= 4 is 24.8 Å². The van der Waals surface area contributed by atoms with Crippen LogP contribution < -0.4 is 10.8 Å². The first-order valence-electron chi connectivity index (χ1n) is 11.1. The lowest BCUT2D eigenvalue weighted by molar-refractivity contribution is 0.222. The smallest absolute Gasteiger partial charge is 0.151 e. The lowest BCUT2D eigenvalue weighted by Crippen LogP contribution is -2.35. The van der Waals surface area contributed by atoms with Crippen molar-refractivity contribution in [3.8, 4) is 0 Å². The maximum absolute atomic E-state index is 5.03. The largest absolute Gasteiger partial charge is 0.366 e. The van der Waals surface area contributed by atoms with Crippen molar-refractivity contribution in [3.05, 3.63) is 71.8 Å². The van der Waals surface area contributed by atoms with Crippen molar-refractivity contribution in [1.82, 2.24) is 24.5 Å². The highest BCUT2D eigenvalue weighted by Gasteiger charge is 2.24. The summed E-state index contributed by atoms with van der Waals surface area (Å²) in [5.41, 5.74) is 5.74. The number of rotatable bonds is 7.